The van der Waals surface area contributed by atoms with Crippen molar-refractivity contribution >= 4 is 0 Å². The summed E-state index contributed by atoms with van der Waals surface area (Å²) in [5.41, 5.74) is 0.0937. The van der Waals surface area contributed by atoms with Crippen molar-refractivity contribution in [3.8, 4) is 0 Å². The molecule has 0 saturated heterocycles. The molecule has 0 aromatic carbocycles. The molecule has 1 aliphatic carbocycles. The smallest absolute Gasteiger partial charge is 0.0584 e. The molecule has 0 radical (unpaired) electrons. The Balaban J connectivity index is 2.51. The van der Waals surface area contributed by atoms with Crippen LogP contribution in [0.2, 0.25) is 0 Å². The molecule has 2 N–H and O–H groups in total. The molecule has 1 rings (SSSR count). The fraction of sp³-hybridized carbons (Fsp3) is 1.00. The van der Waals surface area contributed by atoms with Crippen molar-refractivity contribution in [1.82, 2.24) is 4.90 Å². The number of hydrogen-bond donors (Lipinski definition) is 2. The average molecular weight is 215 g/mol. The Kier molecular flexibility index (Phi) is 5.03. The summed E-state index contributed by atoms with van der Waals surface area (Å²) in [5, 5.41) is 18.6. The van der Waals surface area contributed by atoms with Gasteiger partial charge in [-0.15, -0.1) is 0 Å². The first-order valence-electron chi connectivity index (χ1n) is 6.05. The summed E-state index contributed by atoms with van der Waals surface area (Å²) in [6.45, 7) is 3.41. The zero-order valence-electron chi connectivity index (χ0n) is 10.1. The highest BCUT2D eigenvalue weighted by Crippen LogP contribution is 2.36. The predicted octanol–water partition coefficient (Wildman–Crippen LogP) is 1.24. The van der Waals surface area contributed by atoms with Gasteiger partial charge in [0.1, 0.15) is 0 Å². The van der Waals surface area contributed by atoms with Crippen molar-refractivity contribution in [2.45, 2.75) is 45.1 Å². The first-order chi connectivity index (χ1) is 7.13. The maximum atomic E-state index is 9.56. The van der Waals surface area contributed by atoms with E-state index in [0.29, 0.717) is 0 Å². The lowest BCUT2D eigenvalue weighted by Gasteiger charge is -2.40. The number of nitrogens with zero attached hydrogens (tertiary/aromatic N) is 1. The van der Waals surface area contributed by atoms with Crippen molar-refractivity contribution in [3.63, 3.8) is 0 Å². The molecule has 0 aromatic rings. The Hall–Kier alpha value is -0.120. The molecule has 0 bridgehead atoms. The molecule has 1 saturated carbocycles. The van der Waals surface area contributed by atoms with Crippen LogP contribution in [0.3, 0.4) is 0 Å². The summed E-state index contributed by atoms with van der Waals surface area (Å²) in [6, 6.07) is 0.190. The second-order valence-corrected chi connectivity index (χ2v) is 5.17. The molecular weight excluding hydrogens is 190 g/mol. The van der Waals surface area contributed by atoms with Crippen LogP contribution in [0.15, 0.2) is 0 Å². The quantitative estimate of drug-likeness (QED) is 0.725. The molecule has 3 nitrogen and oxygen atoms in total. The fourth-order valence-corrected chi connectivity index (χ4v) is 2.49. The topological polar surface area (TPSA) is 43.7 Å². The third-order valence-corrected chi connectivity index (χ3v) is 3.85. The van der Waals surface area contributed by atoms with Crippen LogP contribution in [0.25, 0.3) is 0 Å². The Labute approximate surface area is 93.1 Å². The second-order valence-electron chi connectivity index (χ2n) is 5.17. The molecule has 0 spiro atoms. The van der Waals surface area contributed by atoms with Gasteiger partial charge in [-0.05, 0) is 26.8 Å². The van der Waals surface area contributed by atoms with Crippen LogP contribution in [0.4, 0.5) is 0 Å². The summed E-state index contributed by atoms with van der Waals surface area (Å²) in [5.74, 6) is 0. The van der Waals surface area contributed by atoms with E-state index in [1.165, 1.54) is 19.3 Å². The first-order valence-corrected chi connectivity index (χ1v) is 6.05. The van der Waals surface area contributed by atoms with Crippen molar-refractivity contribution in [3.05, 3.63) is 0 Å². The van der Waals surface area contributed by atoms with Gasteiger partial charge in [0.15, 0.2) is 0 Å². The molecule has 0 aliphatic heterocycles. The summed E-state index contributed by atoms with van der Waals surface area (Å²) >= 11 is 0. The van der Waals surface area contributed by atoms with Gasteiger partial charge in [-0.1, -0.05) is 19.3 Å². The van der Waals surface area contributed by atoms with Crippen molar-refractivity contribution < 1.29 is 10.2 Å². The average Bonchev–Trinajstić information content (AvgIpc) is 2.29. The Morgan fingerprint density at radius 3 is 2.27 bits per heavy atom. The third kappa shape index (κ3) is 3.44. The lowest BCUT2D eigenvalue weighted by atomic mass is 9.74. The molecule has 1 fully saturated rings. The number of aliphatic hydroxyl groups is 2. The van der Waals surface area contributed by atoms with E-state index in [1.54, 1.807) is 0 Å². The van der Waals surface area contributed by atoms with Gasteiger partial charge < -0.3 is 15.1 Å². The zero-order chi connectivity index (χ0) is 11.3. The molecular formula is C12H25NO2. The van der Waals surface area contributed by atoms with Gasteiger partial charge >= 0.3 is 0 Å². The van der Waals surface area contributed by atoms with Crippen molar-refractivity contribution in [2.24, 2.45) is 5.41 Å². The van der Waals surface area contributed by atoms with Crippen LogP contribution < -0.4 is 0 Å². The maximum Gasteiger partial charge on any atom is 0.0584 e. The van der Waals surface area contributed by atoms with E-state index >= 15 is 0 Å². The van der Waals surface area contributed by atoms with Gasteiger partial charge in [0.2, 0.25) is 0 Å². The first kappa shape index (κ1) is 12.9. The van der Waals surface area contributed by atoms with Gasteiger partial charge in [0.25, 0.3) is 0 Å². The van der Waals surface area contributed by atoms with Crippen LogP contribution in [0.5, 0.6) is 0 Å². The summed E-state index contributed by atoms with van der Waals surface area (Å²) in [4.78, 5) is 2.17. The molecule has 90 valence electrons. The van der Waals surface area contributed by atoms with E-state index in [9.17, 15) is 5.11 Å². The zero-order valence-corrected chi connectivity index (χ0v) is 10.1. The Bertz CT molecular complexity index is 178. The van der Waals surface area contributed by atoms with Crippen LogP contribution >= 0.6 is 0 Å². The summed E-state index contributed by atoms with van der Waals surface area (Å²) in [7, 11) is 2.03. The number of aliphatic hydroxyl groups excluding tert-OH is 2. The molecule has 0 amide bonds. The minimum atomic E-state index is 0.0937. The second kappa shape index (κ2) is 5.83. The molecule has 1 atom stereocenters. The van der Waals surface area contributed by atoms with E-state index in [4.69, 9.17) is 5.11 Å². The highest BCUT2D eigenvalue weighted by Gasteiger charge is 2.33. The van der Waals surface area contributed by atoms with E-state index in [-0.39, 0.29) is 24.7 Å². The van der Waals surface area contributed by atoms with Crippen LogP contribution in [0, 0.1) is 5.41 Å². The molecule has 3 heteroatoms. The lowest BCUT2D eigenvalue weighted by Crippen LogP contribution is -2.44. The number of hydrogen-bond acceptors (Lipinski definition) is 3. The lowest BCUT2D eigenvalue weighted by molar-refractivity contribution is 0.0285. The normalized spacial score (nSPS) is 23.0. The highest BCUT2D eigenvalue weighted by atomic mass is 16.3. The predicted molar refractivity (Wildman–Crippen MR) is 61.8 cm³/mol. The largest absolute Gasteiger partial charge is 0.396 e. The molecule has 0 aromatic heterocycles. The van der Waals surface area contributed by atoms with Crippen LogP contribution in [0.1, 0.15) is 39.0 Å². The fourth-order valence-electron chi connectivity index (χ4n) is 2.49. The molecule has 15 heavy (non-hydrogen) atoms. The summed E-state index contributed by atoms with van der Waals surface area (Å²) < 4.78 is 0. The SMILES string of the molecule is CC(CO)N(C)CC1(CO)CCCCC1. The maximum absolute atomic E-state index is 9.56. The standard InChI is InChI=1S/C12H25NO2/c1-11(8-14)13(2)9-12(10-15)6-4-3-5-7-12/h11,14-15H,3-10H2,1-2H3. The van der Waals surface area contributed by atoms with Gasteiger partial charge in [-0.2, -0.15) is 0 Å². The van der Waals surface area contributed by atoms with Gasteiger partial charge in [-0.3, -0.25) is 0 Å². The van der Waals surface area contributed by atoms with E-state index in [1.807, 2.05) is 14.0 Å². The van der Waals surface area contributed by atoms with Gasteiger partial charge in [0.05, 0.1) is 6.61 Å². The Morgan fingerprint density at radius 2 is 1.80 bits per heavy atom. The molecule has 1 aliphatic rings. The minimum absolute atomic E-state index is 0.0937. The summed E-state index contributed by atoms with van der Waals surface area (Å²) in [6.07, 6.45) is 6.04. The molecule has 0 heterocycles. The highest BCUT2D eigenvalue weighted by molar-refractivity contribution is 4.85. The van der Waals surface area contributed by atoms with Crippen LogP contribution in [-0.4, -0.2) is 48.0 Å². The van der Waals surface area contributed by atoms with E-state index in [0.717, 1.165) is 19.4 Å². The van der Waals surface area contributed by atoms with Crippen LogP contribution in [-0.2, 0) is 0 Å². The van der Waals surface area contributed by atoms with Crippen molar-refractivity contribution in [2.75, 3.05) is 26.8 Å². The van der Waals surface area contributed by atoms with Gasteiger partial charge in [0, 0.05) is 24.6 Å². The van der Waals surface area contributed by atoms with Crippen molar-refractivity contribution in [1.29, 1.82) is 0 Å². The van der Waals surface area contributed by atoms with E-state index in [2.05, 4.69) is 4.90 Å². The minimum Gasteiger partial charge on any atom is -0.396 e. The Morgan fingerprint density at radius 1 is 1.20 bits per heavy atom. The monoisotopic (exact) mass is 215 g/mol. The molecule has 1 unspecified atom stereocenters. The van der Waals surface area contributed by atoms with E-state index < -0.39 is 0 Å². The number of likely N-dealkylation sites (N-methyl/N-ethyl adjacent to an activating group) is 1. The number of rotatable bonds is 5. The third-order valence-electron chi connectivity index (χ3n) is 3.85. The van der Waals surface area contributed by atoms with Gasteiger partial charge in [-0.25, -0.2) is 0 Å².